The number of halogens is 4. The highest BCUT2D eigenvalue weighted by molar-refractivity contribution is 7.15. The van der Waals surface area contributed by atoms with Crippen molar-refractivity contribution in [3.8, 4) is 22.7 Å². The van der Waals surface area contributed by atoms with Gasteiger partial charge in [0.15, 0.2) is 5.82 Å². The molecule has 0 fully saturated rings. The van der Waals surface area contributed by atoms with Crippen molar-refractivity contribution in [2.45, 2.75) is 6.18 Å². The zero-order valence-corrected chi connectivity index (χ0v) is 17.5. The van der Waals surface area contributed by atoms with Crippen molar-refractivity contribution in [3.05, 3.63) is 91.9 Å². The van der Waals surface area contributed by atoms with Gasteiger partial charge in [-0.15, -0.1) is 5.10 Å². The molecule has 5 aromatic rings. The van der Waals surface area contributed by atoms with Crippen molar-refractivity contribution in [1.29, 1.82) is 0 Å². The minimum Gasteiger partial charge on any atom is -0.457 e. The molecule has 5 rings (SSSR count). The molecule has 10 heteroatoms. The van der Waals surface area contributed by atoms with Crippen molar-refractivity contribution in [3.63, 3.8) is 0 Å². The molecule has 160 valence electrons. The Morgan fingerprint density at radius 3 is 2.56 bits per heavy atom. The third kappa shape index (κ3) is 3.69. The Hall–Kier alpha value is -3.43. The van der Waals surface area contributed by atoms with E-state index in [1.54, 1.807) is 6.07 Å². The number of fused-ring (bicyclic) bond motifs is 1. The lowest BCUT2D eigenvalue weighted by atomic mass is 10.1. The molecule has 0 amide bonds. The summed E-state index contributed by atoms with van der Waals surface area (Å²) in [5.74, 6) is 0.893. The first-order valence-electron chi connectivity index (χ1n) is 9.23. The highest BCUT2D eigenvalue weighted by atomic mass is 35.5. The van der Waals surface area contributed by atoms with Gasteiger partial charge in [0.2, 0.25) is 4.96 Å². The lowest BCUT2D eigenvalue weighted by molar-refractivity contribution is -0.137. The SMILES string of the molecule is O=c1/c(=C/c2ccc(-c3cc(C(F)(F)F)ccc3Cl)o2)sc2nc(-c3ccccc3)nn12. The highest BCUT2D eigenvalue weighted by Crippen LogP contribution is 2.36. The Labute approximate surface area is 187 Å². The first-order chi connectivity index (χ1) is 15.3. The molecule has 0 aliphatic carbocycles. The van der Waals surface area contributed by atoms with Crippen molar-refractivity contribution in [1.82, 2.24) is 14.6 Å². The van der Waals surface area contributed by atoms with Crippen LogP contribution in [-0.2, 0) is 6.18 Å². The summed E-state index contributed by atoms with van der Waals surface area (Å²) < 4.78 is 46.3. The number of nitrogens with zero attached hydrogens (tertiary/aromatic N) is 3. The van der Waals surface area contributed by atoms with Crippen molar-refractivity contribution >= 4 is 34.0 Å². The minimum absolute atomic E-state index is 0.110. The molecule has 0 radical (unpaired) electrons. The summed E-state index contributed by atoms with van der Waals surface area (Å²) in [7, 11) is 0. The Morgan fingerprint density at radius 2 is 1.84 bits per heavy atom. The van der Waals surface area contributed by atoms with Crippen molar-refractivity contribution < 1.29 is 17.6 Å². The van der Waals surface area contributed by atoms with Gasteiger partial charge >= 0.3 is 6.18 Å². The molecule has 0 spiro atoms. The quantitative estimate of drug-likeness (QED) is 0.357. The molecule has 0 saturated heterocycles. The largest absolute Gasteiger partial charge is 0.457 e. The molecular formula is C22H11ClF3N3O2S. The van der Waals surface area contributed by atoms with Crippen LogP contribution in [0.25, 0.3) is 33.7 Å². The maximum Gasteiger partial charge on any atom is 0.416 e. The van der Waals surface area contributed by atoms with Crippen LogP contribution in [0.2, 0.25) is 5.02 Å². The molecule has 0 atom stereocenters. The van der Waals surface area contributed by atoms with Gasteiger partial charge in [-0.2, -0.15) is 22.7 Å². The molecule has 0 N–H and O–H groups in total. The number of aromatic nitrogens is 3. The van der Waals surface area contributed by atoms with E-state index in [1.807, 2.05) is 30.3 Å². The van der Waals surface area contributed by atoms with E-state index < -0.39 is 11.7 Å². The lowest BCUT2D eigenvalue weighted by Crippen LogP contribution is -2.23. The Balaban J connectivity index is 1.52. The summed E-state index contributed by atoms with van der Waals surface area (Å²) in [5.41, 5.74) is -0.296. The van der Waals surface area contributed by atoms with Gasteiger partial charge < -0.3 is 4.42 Å². The van der Waals surface area contributed by atoms with E-state index in [4.69, 9.17) is 16.0 Å². The van der Waals surface area contributed by atoms with Crippen molar-refractivity contribution in [2.75, 3.05) is 0 Å². The number of rotatable bonds is 3. The maximum atomic E-state index is 13.0. The van der Waals surface area contributed by atoms with E-state index in [0.717, 1.165) is 29.0 Å². The van der Waals surface area contributed by atoms with Crippen LogP contribution in [0.4, 0.5) is 13.2 Å². The average Bonchev–Trinajstić information content (AvgIpc) is 3.46. The van der Waals surface area contributed by atoms with Crippen LogP contribution in [0.1, 0.15) is 11.3 Å². The molecule has 0 saturated carbocycles. The molecule has 0 unspecified atom stereocenters. The van der Waals surface area contributed by atoms with Gasteiger partial charge in [0.05, 0.1) is 10.6 Å². The van der Waals surface area contributed by atoms with E-state index in [2.05, 4.69) is 10.1 Å². The van der Waals surface area contributed by atoms with Crippen LogP contribution in [0, 0.1) is 0 Å². The predicted octanol–water partition coefficient (Wildman–Crippen LogP) is 5.30. The molecule has 0 aliphatic rings. The number of benzene rings is 2. The Morgan fingerprint density at radius 1 is 1.06 bits per heavy atom. The second kappa shape index (κ2) is 7.61. The van der Waals surface area contributed by atoms with Crippen LogP contribution in [0.15, 0.2) is 69.9 Å². The van der Waals surface area contributed by atoms with Gasteiger partial charge in [0, 0.05) is 17.2 Å². The summed E-state index contributed by atoms with van der Waals surface area (Å²) in [6.07, 6.45) is -3.01. The fraction of sp³-hybridized carbons (Fsp3) is 0.0455. The van der Waals surface area contributed by atoms with E-state index in [-0.39, 0.29) is 21.9 Å². The number of alkyl halides is 3. The third-order valence-corrected chi connectivity index (χ3v) is 5.96. The minimum atomic E-state index is -4.50. The summed E-state index contributed by atoms with van der Waals surface area (Å²) >= 11 is 7.21. The molecule has 32 heavy (non-hydrogen) atoms. The maximum absolute atomic E-state index is 13.0. The first kappa shape index (κ1) is 20.5. The molecule has 2 aromatic carbocycles. The van der Waals surface area contributed by atoms with Crippen molar-refractivity contribution in [2.24, 2.45) is 0 Å². The molecule has 3 heterocycles. The van der Waals surface area contributed by atoms with Crippen LogP contribution in [-0.4, -0.2) is 14.6 Å². The smallest absolute Gasteiger partial charge is 0.416 e. The monoisotopic (exact) mass is 473 g/mol. The zero-order valence-electron chi connectivity index (χ0n) is 15.9. The fourth-order valence-corrected chi connectivity index (χ4v) is 4.24. The van der Waals surface area contributed by atoms with Gasteiger partial charge in [-0.05, 0) is 30.3 Å². The highest BCUT2D eigenvalue weighted by Gasteiger charge is 2.31. The molecule has 5 nitrogen and oxygen atoms in total. The molecular weight excluding hydrogens is 463 g/mol. The predicted molar refractivity (Wildman–Crippen MR) is 116 cm³/mol. The second-order valence-corrected chi connectivity index (χ2v) is 8.22. The van der Waals surface area contributed by atoms with Gasteiger partial charge in [0.25, 0.3) is 5.56 Å². The van der Waals surface area contributed by atoms with Gasteiger partial charge in [-0.1, -0.05) is 53.3 Å². The molecule has 3 aromatic heterocycles. The van der Waals surface area contributed by atoms with Crippen LogP contribution < -0.4 is 10.1 Å². The van der Waals surface area contributed by atoms with Gasteiger partial charge in [-0.25, -0.2) is 0 Å². The van der Waals surface area contributed by atoms with Crippen LogP contribution >= 0.6 is 22.9 Å². The molecule has 0 aliphatic heterocycles. The van der Waals surface area contributed by atoms with E-state index in [0.29, 0.717) is 21.1 Å². The lowest BCUT2D eigenvalue weighted by Gasteiger charge is -2.09. The zero-order chi connectivity index (χ0) is 22.5. The van der Waals surface area contributed by atoms with Gasteiger partial charge in [0.1, 0.15) is 16.1 Å². The fourth-order valence-electron chi connectivity index (χ4n) is 3.14. The second-order valence-electron chi connectivity index (χ2n) is 6.81. The summed E-state index contributed by atoms with van der Waals surface area (Å²) in [5, 5.41) is 4.39. The van der Waals surface area contributed by atoms with E-state index in [9.17, 15) is 18.0 Å². The van der Waals surface area contributed by atoms with Crippen LogP contribution in [0.5, 0.6) is 0 Å². The Kier molecular flexibility index (Phi) is 4.87. The summed E-state index contributed by atoms with van der Waals surface area (Å²) in [4.78, 5) is 17.5. The third-order valence-electron chi connectivity index (χ3n) is 4.67. The summed E-state index contributed by atoms with van der Waals surface area (Å²) in [6, 6.07) is 15.3. The van der Waals surface area contributed by atoms with E-state index >= 15 is 0 Å². The number of furan rings is 1. The number of hydrogen-bond donors (Lipinski definition) is 0. The normalized spacial score (nSPS) is 12.7. The van der Waals surface area contributed by atoms with Crippen LogP contribution in [0.3, 0.4) is 0 Å². The molecule has 0 bridgehead atoms. The number of thiazole rings is 1. The average molecular weight is 474 g/mol. The Bertz CT molecular complexity index is 1560. The van der Waals surface area contributed by atoms with Gasteiger partial charge in [-0.3, -0.25) is 4.79 Å². The topological polar surface area (TPSA) is 60.4 Å². The van der Waals surface area contributed by atoms with E-state index in [1.165, 1.54) is 22.7 Å². The summed E-state index contributed by atoms with van der Waals surface area (Å²) in [6.45, 7) is 0. The number of hydrogen-bond acceptors (Lipinski definition) is 5. The first-order valence-corrected chi connectivity index (χ1v) is 10.4. The standard InChI is InChI=1S/C22H11ClF3N3O2S/c23-16-8-6-13(22(24,25)26)10-15(16)17-9-7-14(31-17)11-18-20(30)29-21(32-18)27-19(28-29)12-4-2-1-3-5-12/h1-11H/b18-11-.